The maximum absolute atomic E-state index is 14.9. The number of nitrogens with zero attached hydrogens (tertiary/aromatic N) is 1. The molecule has 236 valence electrons. The Morgan fingerprint density at radius 1 is 0.933 bits per heavy atom. The van der Waals surface area contributed by atoms with E-state index in [9.17, 15) is 26.6 Å². The zero-order valence-corrected chi connectivity index (χ0v) is 27.2. The normalized spacial score (nSPS) is 12.2. The molecule has 0 aromatic heterocycles. The first-order valence-corrected chi connectivity index (χ1v) is 18.0. The quantitative estimate of drug-likeness (QED) is 0.0853. The van der Waals surface area contributed by atoms with Crippen LogP contribution >= 0.6 is 18.7 Å². The van der Waals surface area contributed by atoms with Crippen molar-refractivity contribution in [3.05, 3.63) is 131 Å². The van der Waals surface area contributed by atoms with Crippen molar-refractivity contribution in [3.8, 4) is 16.9 Å². The summed E-state index contributed by atoms with van der Waals surface area (Å²) in [5, 5.41) is -0.326. The molecule has 4 rings (SSSR count). The number of esters is 1. The van der Waals surface area contributed by atoms with Crippen molar-refractivity contribution < 1.29 is 36.0 Å². The van der Waals surface area contributed by atoms with E-state index in [4.69, 9.17) is 21.1 Å². The molecule has 7 nitrogen and oxygen atoms in total. The number of carbonyl (C=O) groups is 1. The van der Waals surface area contributed by atoms with Crippen LogP contribution in [0.4, 0.5) is 8.78 Å². The number of rotatable bonds is 12. The fraction of sp³-hybridized carbons (Fsp3) is 0.182. The second kappa shape index (κ2) is 13.7. The highest BCUT2D eigenvalue weighted by atomic mass is 35.5. The lowest BCUT2D eigenvalue weighted by atomic mass is 10.0. The molecule has 0 spiro atoms. The lowest BCUT2D eigenvalue weighted by Crippen LogP contribution is -2.30. The van der Waals surface area contributed by atoms with Gasteiger partial charge in [-0.2, -0.15) is 13.1 Å². The summed E-state index contributed by atoms with van der Waals surface area (Å²) in [6, 6.07) is 23.8. The Morgan fingerprint density at radius 2 is 1.58 bits per heavy atom. The lowest BCUT2D eigenvalue weighted by Gasteiger charge is -2.25. The Bertz CT molecular complexity index is 1880. The summed E-state index contributed by atoms with van der Waals surface area (Å²) in [6.45, 7) is 5.16. The molecule has 0 amide bonds. The van der Waals surface area contributed by atoms with Gasteiger partial charge in [0, 0.05) is 18.7 Å². The number of hydrogen-bond acceptors (Lipinski definition) is 6. The summed E-state index contributed by atoms with van der Waals surface area (Å²) in [5.41, 5.74) is -1.35. The molecule has 4 aromatic carbocycles. The number of carbonyl (C=O) groups excluding carboxylic acids is 1. The van der Waals surface area contributed by atoms with Gasteiger partial charge in [-0.3, -0.25) is 0 Å². The maximum atomic E-state index is 14.9. The topological polar surface area (TPSA) is 90.0 Å². The second-order valence-electron chi connectivity index (χ2n) is 10.5. The van der Waals surface area contributed by atoms with Gasteiger partial charge >= 0.3 is 11.6 Å². The van der Waals surface area contributed by atoms with E-state index in [1.165, 1.54) is 35.7 Å². The number of ether oxygens (including phenoxy) is 2. The Balaban J connectivity index is 1.72. The van der Waals surface area contributed by atoms with Gasteiger partial charge in [0.2, 0.25) is 10.0 Å². The molecule has 0 aliphatic heterocycles. The molecule has 0 atom stereocenters. The van der Waals surface area contributed by atoms with Crippen molar-refractivity contribution in [2.75, 3.05) is 20.4 Å². The van der Waals surface area contributed by atoms with E-state index in [0.29, 0.717) is 16.7 Å². The molecular formula is C33H31ClF2NO6PS. The first kappa shape index (κ1) is 34.1. The van der Waals surface area contributed by atoms with Gasteiger partial charge in [-0.1, -0.05) is 78.8 Å². The summed E-state index contributed by atoms with van der Waals surface area (Å²) in [6.07, 6.45) is 1.12. The summed E-state index contributed by atoms with van der Waals surface area (Å²) in [7, 11) is -6.82. The minimum Gasteiger partial charge on any atom is -0.465 e. The zero-order valence-electron chi connectivity index (χ0n) is 24.7. The zero-order chi connectivity index (χ0) is 33.0. The first-order valence-electron chi connectivity index (χ1n) is 13.5. The second-order valence-corrected chi connectivity index (χ2v) is 16.1. The Morgan fingerprint density at radius 3 is 2.20 bits per heavy atom. The molecule has 0 fully saturated rings. The molecule has 0 N–H and O–H groups in total. The lowest BCUT2D eigenvalue weighted by molar-refractivity contribution is 0.0600. The average Bonchev–Trinajstić information content (AvgIpc) is 3.00. The van der Waals surface area contributed by atoms with E-state index in [2.05, 4.69) is 6.58 Å². The maximum Gasteiger partial charge on any atom is 0.337 e. The van der Waals surface area contributed by atoms with Crippen molar-refractivity contribution in [2.45, 2.75) is 23.6 Å². The number of para-hydroxylation sites is 1. The van der Waals surface area contributed by atoms with Gasteiger partial charge in [0.15, 0.2) is 7.14 Å². The Hall–Kier alpha value is -3.82. The average molecular weight is 674 g/mol. The van der Waals surface area contributed by atoms with Gasteiger partial charge in [0.05, 0.1) is 24.0 Å². The van der Waals surface area contributed by atoms with Crippen LogP contribution in [-0.4, -0.2) is 39.1 Å². The van der Waals surface area contributed by atoms with Gasteiger partial charge in [0.1, 0.15) is 10.6 Å². The van der Waals surface area contributed by atoms with Gasteiger partial charge in [0.25, 0.3) is 0 Å². The minimum absolute atomic E-state index is 0.0630. The largest absolute Gasteiger partial charge is 0.465 e. The van der Waals surface area contributed by atoms with Gasteiger partial charge in [-0.25, -0.2) is 13.2 Å². The third kappa shape index (κ3) is 7.53. The van der Waals surface area contributed by atoms with Crippen LogP contribution in [0.5, 0.6) is 5.75 Å². The van der Waals surface area contributed by atoms with Crippen molar-refractivity contribution in [1.29, 1.82) is 0 Å². The molecule has 0 aliphatic rings. The van der Waals surface area contributed by atoms with E-state index in [-0.39, 0.29) is 28.8 Å². The monoisotopic (exact) mass is 673 g/mol. The molecule has 4 aromatic rings. The van der Waals surface area contributed by atoms with E-state index in [1.807, 2.05) is 6.07 Å². The first-order chi connectivity index (χ1) is 21.2. The van der Waals surface area contributed by atoms with Crippen LogP contribution in [0.2, 0.25) is 5.02 Å². The predicted octanol–water partition coefficient (Wildman–Crippen LogP) is 8.38. The van der Waals surface area contributed by atoms with E-state index < -0.39 is 34.4 Å². The molecule has 12 heteroatoms. The van der Waals surface area contributed by atoms with Crippen LogP contribution in [0, 0.1) is 0 Å². The number of halogens is 3. The number of benzene rings is 4. The van der Waals surface area contributed by atoms with Gasteiger partial charge < -0.3 is 14.0 Å². The van der Waals surface area contributed by atoms with Crippen molar-refractivity contribution >= 4 is 34.7 Å². The van der Waals surface area contributed by atoms with Gasteiger partial charge in [-0.15, -0.1) is 0 Å². The molecule has 45 heavy (non-hydrogen) atoms. The van der Waals surface area contributed by atoms with Crippen molar-refractivity contribution in [1.82, 2.24) is 4.31 Å². The fourth-order valence-corrected chi connectivity index (χ4v) is 7.26. The molecule has 0 heterocycles. The standard InChI is InChI=1S/C33H31ClF2NO6PS/c1-5-43-30-11-6-7-12-31(30)45(40,41)37(22-24-15-18-28(29(34)19-24)33(35,36)44(3,4)39)21-23-13-16-25(17-14-23)26-9-8-10-27(20-26)32(38)42-2/h5-20H,1,21-22H2,2-4H3. The Labute approximate surface area is 266 Å². The summed E-state index contributed by atoms with van der Waals surface area (Å²) in [4.78, 5) is 11.9. The summed E-state index contributed by atoms with van der Waals surface area (Å²) >= 11 is 6.25. The summed E-state index contributed by atoms with van der Waals surface area (Å²) in [5.74, 6) is -0.404. The van der Waals surface area contributed by atoms with E-state index in [1.54, 1.807) is 54.6 Å². The SMILES string of the molecule is C=COc1ccccc1S(=O)(=O)N(Cc1ccc(-c2cccc(C(=O)OC)c2)cc1)Cc1ccc(C(F)(F)P(C)(C)=O)c(Cl)c1. The Kier molecular flexibility index (Phi) is 10.3. The van der Waals surface area contributed by atoms with Crippen molar-refractivity contribution in [3.63, 3.8) is 0 Å². The molecular weight excluding hydrogens is 643 g/mol. The minimum atomic E-state index is -4.23. The van der Waals surface area contributed by atoms with Crippen LogP contribution in [0.25, 0.3) is 11.1 Å². The van der Waals surface area contributed by atoms with Crippen LogP contribution in [-0.2, 0) is 38.1 Å². The van der Waals surface area contributed by atoms with Crippen LogP contribution in [0.3, 0.4) is 0 Å². The van der Waals surface area contributed by atoms with E-state index >= 15 is 0 Å². The molecule has 0 aliphatic carbocycles. The fourth-order valence-electron chi connectivity index (χ4n) is 4.56. The highest BCUT2D eigenvalue weighted by Crippen LogP contribution is 2.61. The molecule has 0 saturated heterocycles. The smallest absolute Gasteiger partial charge is 0.337 e. The summed E-state index contributed by atoms with van der Waals surface area (Å²) < 4.78 is 81.5. The number of sulfonamides is 1. The van der Waals surface area contributed by atoms with Crippen LogP contribution in [0.15, 0.2) is 109 Å². The van der Waals surface area contributed by atoms with E-state index in [0.717, 1.165) is 36.8 Å². The predicted molar refractivity (Wildman–Crippen MR) is 172 cm³/mol. The molecule has 0 saturated carbocycles. The number of hydrogen-bond donors (Lipinski definition) is 0. The number of alkyl halides is 2. The van der Waals surface area contributed by atoms with Crippen LogP contribution < -0.4 is 4.74 Å². The molecule has 0 unspecified atom stereocenters. The molecule has 0 radical (unpaired) electrons. The highest BCUT2D eigenvalue weighted by molar-refractivity contribution is 7.89. The van der Waals surface area contributed by atoms with Crippen molar-refractivity contribution in [2.24, 2.45) is 0 Å². The highest BCUT2D eigenvalue weighted by Gasteiger charge is 2.46. The van der Waals surface area contributed by atoms with Gasteiger partial charge in [-0.05, 0) is 65.9 Å². The third-order valence-electron chi connectivity index (χ3n) is 7.00. The number of methoxy groups -OCH3 is 1. The van der Waals surface area contributed by atoms with Crippen LogP contribution in [0.1, 0.15) is 27.0 Å². The molecule has 0 bridgehead atoms. The third-order valence-corrected chi connectivity index (χ3v) is 10.7.